The van der Waals surface area contributed by atoms with Gasteiger partial charge in [0.2, 0.25) is 10.0 Å². The van der Waals surface area contributed by atoms with Crippen LogP contribution >= 0.6 is 15.9 Å². The topological polar surface area (TPSA) is 55.8 Å². The van der Waals surface area contributed by atoms with Crippen molar-refractivity contribution >= 4 is 26.0 Å². The molecule has 0 N–H and O–H groups in total. The zero-order chi connectivity index (χ0) is 14.0. The van der Waals surface area contributed by atoms with Crippen molar-refractivity contribution in [1.29, 1.82) is 0 Å². The van der Waals surface area contributed by atoms with E-state index in [4.69, 9.17) is 9.47 Å². The number of methoxy groups -OCH3 is 2. The lowest BCUT2D eigenvalue weighted by atomic mass is 10.3. The highest BCUT2D eigenvalue weighted by Crippen LogP contribution is 2.37. The first-order chi connectivity index (χ1) is 9.00. The Morgan fingerprint density at radius 3 is 2.16 bits per heavy atom. The van der Waals surface area contributed by atoms with Crippen LogP contribution in [0.15, 0.2) is 21.5 Å². The van der Waals surface area contributed by atoms with Crippen molar-refractivity contribution in [2.75, 3.05) is 27.3 Å². The number of rotatable bonds is 4. The van der Waals surface area contributed by atoms with Gasteiger partial charge in [-0.15, -0.1) is 0 Å². The van der Waals surface area contributed by atoms with Crippen molar-refractivity contribution in [2.45, 2.75) is 17.7 Å². The number of hydrogen-bond acceptors (Lipinski definition) is 4. The third-order valence-electron chi connectivity index (χ3n) is 3.12. The zero-order valence-electron chi connectivity index (χ0n) is 10.8. The second kappa shape index (κ2) is 5.68. The maximum Gasteiger partial charge on any atom is 0.244 e. The molecule has 5 nitrogen and oxygen atoms in total. The van der Waals surface area contributed by atoms with Crippen LogP contribution in [0.4, 0.5) is 0 Å². The van der Waals surface area contributed by atoms with Crippen molar-refractivity contribution in [3.8, 4) is 11.5 Å². The quantitative estimate of drug-likeness (QED) is 0.836. The summed E-state index contributed by atoms with van der Waals surface area (Å²) in [6.07, 6.45) is 1.81. The summed E-state index contributed by atoms with van der Waals surface area (Å²) < 4.78 is 37.3. The molecule has 1 fully saturated rings. The van der Waals surface area contributed by atoms with E-state index in [0.717, 1.165) is 12.8 Å². The molecule has 1 saturated heterocycles. The first-order valence-corrected chi connectivity index (χ1v) is 8.15. The summed E-state index contributed by atoms with van der Waals surface area (Å²) in [5.74, 6) is 0.901. The molecule has 1 aromatic carbocycles. The highest BCUT2D eigenvalue weighted by atomic mass is 79.9. The van der Waals surface area contributed by atoms with Crippen LogP contribution in [0.25, 0.3) is 0 Å². The lowest BCUT2D eigenvalue weighted by Crippen LogP contribution is -2.28. The van der Waals surface area contributed by atoms with Gasteiger partial charge in [-0.05, 0) is 34.8 Å². The lowest BCUT2D eigenvalue weighted by molar-refractivity contribution is 0.353. The summed E-state index contributed by atoms with van der Waals surface area (Å²) in [4.78, 5) is 0.215. The van der Waals surface area contributed by atoms with Crippen LogP contribution in [0.2, 0.25) is 0 Å². The number of ether oxygens (including phenoxy) is 2. The van der Waals surface area contributed by atoms with E-state index < -0.39 is 10.0 Å². The first-order valence-electron chi connectivity index (χ1n) is 5.92. The maximum atomic E-state index is 12.5. The Balaban J connectivity index is 2.49. The zero-order valence-corrected chi connectivity index (χ0v) is 13.3. The van der Waals surface area contributed by atoms with Gasteiger partial charge < -0.3 is 9.47 Å². The predicted octanol–water partition coefficient (Wildman–Crippen LogP) is 2.25. The molecule has 0 atom stereocenters. The molecule has 7 heteroatoms. The Morgan fingerprint density at radius 2 is 1.63 bits per heavy atom. The lowest BCUT2D eigenvalue weighted by Gasteiger charge is -2.18. The molecule has 0 radical (unpaired) electrons. The van der Waals surface area contributed by atoms with Gasteiger partial charge in [0, 0.05) is 23.6 Å². The summed E-state index contributed by atoms with van der Waals surface area (Å²) >= 11 is 3.29. The van der Waals surface area contributed by atoms with Gasteiger partial charge >= 0.3 is 0 Å². The summed E-state index contributed by atoms with van der Waals surface area (Å²) in [5, 5.41) is 0. The van der Waals surface area contributed by atoms with E-state index in [1.165, 1.54) is 24.6 Å². The Kier molecular flexibility index (Phi) is 4.37. The van der Waals surface area contributed by atoms with Gasteiger partial charge in [-0.1, -0.05) is 0 Å². The standard InChI is InChI=1S/C12H16BrNO4S/c1-17-10-7-9(13)12(8-11(10)18-2)19(15,16)14-5-3-4-6-14/h7-8H,3-6H2,1-2H3. The van der Waals surface area contributed by atoms with E-state index in [0.29, 0.717) is 29.1 Å². The van der Waals surface area contributed by atoms with Crippen LogP contribution in [0.3, 0.4) is 0 Å². The van der Waals surface area contributed by atoms with E-state index in [2.05, 4.69) is 15.9 Å². The van der Waals surface area contributed by atoms with Crippen LogP contribution in [0, 0.1) is 0 Å². The van der Waals surface area contributed by atoms with Gasteiger partial charge in [-0.3, -0.25) is 0 Å². The summed E-state index contributed by atoms with van der Waals surface area (Å²) in [6, 6.07) is 3.11. The SMILES string of the molecule is COc1cc(Br)c(S(=O)(=O)N2CCCC2)cc1OC. The fourth-order valence-corrected chi connectivity index (χ4v) is 4.62. The minimum atomic E-state index is -3.48. The number of nitrogens with zero attached hydrogens (tertiary/aromatic N) is 1. The van der Waals surface area contributed by atoms with Gasteiger partial charge in [0.15, 0.2) is 11.5 Å². The summed E-state index contributed by atoms with van der Waals surface area (Å²) in [7, 11) is -0.479. The monoisotopic (exact) mass is 349 g/mol. The minimum absolute atomic E-state index is 0.215. The van der Waals surface area contributed by atoms with E-state index in [1.807, 2.05) is 0 Å². The maximum absolute atomic E-state index is 12.5. The van der Waals surface area contributed by atoms with Crippen LogP contribution in [-0.2, 0) is 10.0 Å². The van der Waals surface area contributed by atoms with Crippen molar-refractivity contribution in [1.82, 2.24) is 4.31 Å². The molecule has 1 aliphatic rings. The van der Waals surface area contributed by atoms with Gasteiger partial charge in [0.1, 0.15) is 4.90 Å². The molecular weight excluding hydrogens is 334 g/mol. The van der Waals surface area contributed by atoms with Crippen molar-refractivity contribution in [2.24, 2.45) is 0 Å². The summed E-state index contributed by atoms with van der Waals surface area (Å²) in [6.45, 7) is 1.15. The molecule has 0 spiro atoms. The van der Waals surface area contributed by atoms with Crippen LogP contribution in [0.1, 0.15) is 12.8 Å². The predicted molar refractivity (Wildman–Crippen MR) is 75.2 cm³/mol. The summed E-state index contributed by atoms with van der Waals surface area (Å²) in [5.41, 5.74) is 0. The smallest absolute Gasteiger partial charge is 0.244 e. The normalized spacial score (nSPS) is 16.6. The second-order valence-corrected chi connectivity index (χ2v) is 7.01. The fraction of sp³-hybridized carbons (Fsp3) is 0.500. The molecule has 1 aromatic rings. The average molecular weight is 350 g/mol. The molecule has 0 amide bonds. The van der Waals surface area contributed by atoms with Gasteiger partial charge in [-0.2, -0.15) is 4.31 Å². The molecule has 0 unspecified atom stereocenters. The van der Waals surface area contributed by atoms with Gasteiger partial charge in [-0.25, -0.2) is 8.42 Å². The molecule has 106 valence electrons. The van der Waals surface area contributed by atoms with Gasteiger partial charge in [0.25, 0.3) is 0 Å². The molecule has 2 rings (SSSR count). The Bertz CT molecular complexity index is 567. The molecule has 0 bridgehead atoms. The first kappa shape index (κ1) is 14.6. The molecule has 0 aliphatic carbocycles. The van der Waals surface area contributed by atoms with E-state index in [1.54, 1.807) is 6.07 Å². The Hall–Kier alpha value is -0.790. The van der Waals surface area contributed by atoms with Crippen molar-refractivity contribution in [3.05, 3.63) is 16.6 Å². The molecule has 0 saturated carbocycles. The van der Waals surface area contributed by atoms with Crippen LogP contribution < -0.4 is 9.47 Å². The van der Waals surface area contributed by atoms with Crippen LogP contribution in [-0.4, -0.2) is 40.0 Å². The third-order valence-corrected chi connectivity index (χ3v) is 5.98. The second-order valence-electron chi connectivity index (χ2n) is 4.25. The van der Waals surface area contributed by atoms with Crippen molar-refractivity contribution in [3.63, 3.8) is 0 Å². The Morgan fingerprint density at radius 1 is 1.11 bits per heavy atom. The van der Waals surface area contributed by atoms with E-state index in [-0.39, 0.29) is 4.90 Å². The molecule has 19 heavy (non-hydrogen) atoms. The average Bonchev–Trinajstić information content (AvgIpc) is 2.92. The minimum Gasteiger partial charge on any atom is -0.493 e. The van der Waals surface area contributed by atoms with Crippen LogP contribution in [0.5, 0.6) is 11.5 Å². The van der Waals surface area contributed by atoms with Crippen molar-refractivity contribution < 1.29 is 17.9 Å². The highest BCUT2D eigenvalue weighted by Gasteiger charge is 2.30. The fourth-order valence-electron chi connectivity index (χ4n) is 2.10. The van der Waals surface area contributed by atoms with Gasteiger partial charge in [0.05, 0.1) is 14.2 Å². The molecule has 1 heterocycles. The Labute approximate surface area is 121 Å². The molecular formula is C12H16BrNO4S. The molecule has 1 aliphatic heterocycles. The highest BCUT2D eigenvalue weighted by molar-refractivity contribution is 9.10. The number of sulfonamides is 1. The number of halogens is 1. The largest absolute Gasteiger partial charge is 0.493 e. The van der Waals surface area contributed by atoms with E-state index >= 15 is 0 Å². The number of hydrogen-bond donors (Lipinski definition) is 0. The number of benzene rings is 1. The third kappa shape index (κ3) is 2.73. The van der Waals surface area contributed by atoms with E-state index in [9.17, 15) is 8.42 Å². The molecule has 0 aromatic heterocycles.